The van der Waals surface area contributed by atoms with E-state index < -0.39 is 11.9 Å². The molecule has 0 aliphatic rings. The summed E-state index contributed by atoms with van der Waals surface area (Å²) in [5, 5.41) is 17.1. The van der Waals surface area contributed by atoms with Gasteiger partial charge in [-0.1, -0.05) is 25.0 Å². The summed E-state index contributed by atoms with van der Waals surface area (Å²) >= 11 is 0. The quantitative estimate of drug-likeness (QED) is 0.541. The van der Waals surface area contributed by atoms with Crippen molar-refractivity contribution < 1.29 is 29.3 Å². The Morgan fingerprint density at radius 1 is 0.739 bits per heavy atom. The van der Waals surface area contributed by atoms with E-state index in [1.165, 1.54) is 0 Å². The molecular weight excluding hydrogens is 300 g/mol. The zero-order valence-corrected chi connectivity index (χ0v) is 13.2. The van der Waals surface area contributed by atoms with Gasteiger partial charge in [0.25, 0.3) is 0 Å². The molecule has 0 aromatic heterocycles. The Balaban J connectivity index is 2.22. The molecular formula is C17H24O6. The molecule has 0 saturated heterocycles. The van der Waals surface area contributed by atoms with E-state index in [0.717, 1.165) is 19.3 Å². The third kappa shape index (κ3) is 9.39. The molecule has 1 rings (SSSR count). The zero-order chi connectivity index (χ0) is 16.9. The van der Waals surface area contributed by atoms with Crippen molar-refractivity contribution in [3.05, 3.63) is 24.3 Å². The lowest BCUT2D eigenvalue weighted by molar-refractivity contribution is -0.138. The van der Waals surface area contributed by atoms with E-state index in [1.807, 2.05) is 18.2 Å². The fourth-order valence-corrected chi connectivity index (χ4v) is 2.01. The van der Waals surface area contributed by atoms with E-state index >= 15 is 0 Å². The largest absolute Gasteiger partial charge is 0.490 e. The van der Waals surface area contributed by atoms with E-state index in [4.69, 9.17) is 19.7 Å². The second kappa shape index (κ2) is 11.3. The van der Waals surface area contributed by atoms with Gasteiger partial charge in [-0.15, -0.1) is 0 Å². The minimum absolute atomic E-state index is 0.0827. The van der Waals surface area contributed by atoms with E-state index in [-0.39, 0.29) is 12.8 Å². The minimum atomic E-state index is -0.832. The Kier molecular flexibility index (Phi) is 9.28. The molecule has 0 heterocycles. The molecule has 2 N–H and O–H groups in total. The van der Waals surface area contributed by atoms with Crippen LogP contribution in [-0.2, 0) is 9.59 Å². The molecule has 0 saturated carbocycles. The minimum Gasteiger partial charge on any atom is -0.490 e. The molecule has 0 atom stereocenters. The van der Waals surface area contributed by atoms with Crippen LogP contribution in [0.4, 0.5) is 0 Å². The van der Waals surface area contributed by atoms with E-state index in [0.29, 0.717) is 37.6 Å². The molecule has 0 spiro atoms. The summed E-state index contributed by atoms with van der Waals surface area (Å²) in [6.45, 7) is 0.879. The zero-order valence-electron chi connectivity index (χ0n) is 13.2. The molecule has 1 aromatic rings. The Labute approximate surface area is 136 Å². The predicted molar refractivity (Wildman–Crippen MR) is 85.0 cm³/mol. The van der Waals surface area contributed by atoms with Gasteiger partial charge in [0, 0.05) is 12.8 Å². The van der Waals surface area contributed by atoms with Crippen LogP contribution >= 0.6 is 0 Å². The number of unbranched alkanes of at least 4 members (excludes halogenated alkanes) is 3. The summed E-state index contributed by atoms with van der Waals surface area (Å²) in [5.74, 6) is -0.326. The van der Waals surface area contributed by atoms with Crippen LogP contribution in [0.15, 0.2) is 24.3 Å². The van der Waals surface area contributed by atoms with Gasteiger partial charge in [0.1, 0.15) is 0 Å². The molecule has 0 amide bonds. The van der Waals surface area contributed by atoms with Gasteiger partial charge in [-0.2, -0.15) is 0 Å². The lowest BCUT2D eigenvalue weighted by Gasteiger charge is -2.12. The first kappa shape index (κ1) is 18.8. The third-order valence-electron chi connectivity index (χ3n) is 3.18. The van der Waals surface area contributed by atoms with E-state index in [2.05, 4.69) is 0 Å². The van der Waals surface area contributed by atoms with Crippen LogP contribution in [0.2, 0.25) is 0 Å². The summed E-state index contributed by atoms with van der Waals surface area (Å²) in [7, 11) is 0. The number of para-hydroxylation sites is 2. The summed E-state index contributed by atoms with van der Waals surface area (Å²) in [4.78, 5) is 20.8. The Hall–Kier alpha value is -2.24. The van der Waals surface area contributed by atoms with E-state index in [9.17, 15) is 9.59 Å². The molecule has 0 aliphatic carbocycles. The van der Waals surface area contributed by atoms with Crippen molar-refractivity contribution in [2.75, 3.05) is 13.2 Å². The molecule has 0 bridgehead atoms. The van der Waals surface area contributed by atoms with Crippen LogP contribution in [-0.4, -0.2) is 35.4 Å². The van der Waals surface area contributed by atoms with Crippen molar-refractivity contribution >= 4 is 11.9 Å². The maximum Gasteiger partial charge on any atom is 0.303 e. The van der Waals surface area contributed by atoms with Crippen LogP contribution in [0.1, 0.15) is 44.9 Å². The van der Waals surface area contributed by atoms with Gasteiger partial charge >= 0.3 is 11.9 Å². The lowest BCUT2D eigenvalue weighted by atomic mass is 10.1. The molecule has 128 valence electrons. The van der Waals surface area contributed by atoms with Crippen LogP contribution in [0, 0.1) is 0 Å². The molecule has 0 aliphatic heterocycles. The number of benzene rings is 1. The van der Waals surface area contributed by atoms with Crippen LogP contribution in [0.3, 0.4) is 0 Å². The summed E-state index contributed by atoms with van der Waals surface area (Å²) in [6.07, 6.45) is 4.10. The normalized spacial score (nSPS) is 10.3. The fraction of sp³-hybridized carbons (Fsp3) is 0.529. The second-order valence-corrected chi connectivity index (χ2v) is 5.20. The number of hydrogen-bond acceptors (Lipinski definition) is 4. The summed E-state index contributed by atoms with van der Waals surface area (Å²) < 4.78 is 11.2. The van der Waals surface area contributed by atoms with Gasteiger partial charge in [0.05, 0.1) is 13.2 Å². The number of carbonyl (C=O) groups is 2. The second-order valence-electron chi connectivity index (χ2n) is 5.20. The maximum absolute atomic E-state index is 10.5. The van der Waals surface area contributed by atoms with Gasteiger partial charge in [-0.25, -0.2) is 0 Å². The molecule has 23 heavy (non-hydrogen) atoms. The smallest absolute Gasteiger partial charge is 0.303 e. The molecule has 0 radical (unpaired) electrons. The fourth-order valence-electron chi connectivity index (χ4n) is 2.01. The number of rotatable bonds is 13. The molecule has 6 heteroatoms. The van der Waals surface area contributed by atoms with Crippen molar-refractivity contribution in [3.8, 4) is 11.5 Å². The van der Waals surface area contributed by atoms with Gasteiger partial charge in [0.15, 0.2) is 11.5 Å². The van der Waals surface area contributed by atoms with Crippen LogP contribution in [0.25, 0.3) is 0 Å². The van der Waals surface area contributed by atoms with Crippen LogP contribution < -0.4 is 9.47 Å². The number of carboxylic acids is 2. The topological polar surface area (TPSA) is 93.1 Å². The standard InChI is InChI=1S/C17H24O6/c18-16(19)10-3-1-2-6-12-22-14-8-4-5-9-15(14)23-13-7-11-17(20)21/h4-5,8-9H,1-3,6-7,10-13H2,(H,18,19)(H,20,21). The average Bonchev–Trinajstić information content (AvgIpc) is 2.51. The average molecular weight is 324 g/mol. The van der Waals surface area contributed by atoms with E-state index in [1.54, 1.807) is 6.07 Å². The molecule has 1 aromatic carbocycles. The number of ether oxygens (including phenoxy) is 2. The van der Waals surface area contributed by atoms with Gasteiger partial charge in [0.2, 0.25) is 0 Å². The highest BCUT2D eigenvalue weighted by Gasteiger charge is 2.05. The van der Waals surface area contributed by atoms with Crippen molar-refractivity contribution in [2.45, 2.75) is 44.9 Å². The number of hydrogen-bond donors (Lipinski definition) is 2. The highest BCUT2D eigenvalue weighted by Crippen LogP contribution is 2.26. The Bertz CT molecular complexity index is 486. The number of aliphatic carboxylic acids is 2. The van der Waals surface area contributed by atoms with Gasteiger partial charge in [-0.3, -0.25) is 9.59 Å². The van der Waals surface area contributed by atoms with Crippen LogP contribution in [0.5, 0.6) is 11.5 Å². The molecule has 6 nitrogen and oxygen atoms in total. The molecule has 0 fully saturated rings. The number of carboxylic acid groups (broad SMARTS) is 2. The third-order valence-corrected chi connectivity index (χ3v) is 3.18. The van der Waals surface area contributed by atoms with Gasteiger partial charge < -0.3 is 19.7 Å². The predicted octanol–water partition coefficient (Wildman–Crippen LogP) is 3.34. The Morgan fingerprint density at radius 2 is 1.22 bits per heavy atom. The van der Waals surface area contributed by atoms with Crippen molar-refractivity contribution in [2.24, 2.45) is 0 Å². The highest BCUT2D eigenvalue weighted by molar-refractivity contribution is 5.66. The highest BCUT2D eigenvalue weighted by atomic mass is 16.5. The first-order valence-corrected chi connectivity index (χ1v) is 7.88. The lowest BCUT2D eigenvalue weighted by Crippen LogP contribution is -2.04. The first-order valence-electron chi connectivity index (χ1n) is 7.88. The monoisotopic (exact) mass is 324 g/mol. The summed E-state index contributed by atoms with van der Waals surface area (Å²) in [5.41, 5.74) is 0. The first-order chi connectivity index (χ1) is 11.1. The van der Waals surface area contributed by atoms with Crippen molar-refractivity contribution in [1.29, 1.82) is 0 Å². The summed E-state index contributed by atoms with van der Waals surface area (Å²) in [6, 6.07) is 7.30. The Morgan fingerprint density at radius 3 is 1.78 bits per heavy atom. The SMILES string of the molecule is O=C(O)CCCCCCOc1ccccc1OCCCC(=O)O. The van der Waals surface area contributed by atoms with Crippen molar-refractivity contribution in [1.82, 2.24) is 0 Å². The van der Waals surface area contributed by atoms with Gasteiger partial charge in [-0.05, 0) is 31.4 Å². The maximum atomic E-state index is 10.5. The van der Waals surface area contributed by atoms with Crippen molar-refractivity contribution in [3.63, 3.8) is 0 Å². The molecule has 0 unspecified atom stereocenters.